The van der Waals surface area contributed by atoms with Crippen LogP contribution in [-0.4, -0.2) is 30.0 Å². The molecule has 1 N–H and O–H groups in total. The summed E-state index contributed by atoms with van der Waals surface area (Å²) in [4.78, 5) is 0. The van der Waals surface area contributed by atoms with Gasteiger partial charge in [0.25, 0.3) is 0 Å². The third-order valence-corrected chi connectivity index (χ3v) is 3.56. The molecule has 0 aliphatic heterocycles. The van der Waals surface area contributed by atoms with Crippen LogP contribution in [0, 0.1) is 12.7 Å². The lowest BCUT2D eigenvalue weighted by Gasteiger charge is -2.05. The Morgan fingerprint density at radius 2 is 2.19 bits per heavy atom. The van der Waals surface area contributed by atoms with Crippen molar-refractivity contribution in [2.45, 2.75) is 20.0 Å². The lowest BCUT2D eigenvalue weighted by atomic mass is 10.2. The summed E-state index contributed by atoms with van der Waals surface area (Å²) < 4.78 is 20.0. The number of hydrogen-bond donors (Lipinski definition) is 1. The summed E-state index contributed by atoms with van der Waals surface area (Å²) in [5.41, 5.74) is 2.78. The molecule has 114 valence electrons. The minimum Gasteiger partial charge on any atom is -0.383 e. The third kappa shape index (κ3) is 4.52. The standard InChI is InChI=1S/C15H19ClFN3O/c1-11-13(8-18-5-6-21-2)10-20(19-11)9-12-7-14(17)3-4-15(12)16/h3-4,7,10,18H,5-6,8-9H2,1-2H3. The number of benzene rings is 1. The molecule has 0 aliphatic carbocycles. The van der Waals surface area contributed by atoms with E-state index in [2.05, 4.69) is 10.4 Å². The predicted octanol–water partition coefficient (Wildman–Crippen LogP) is 2.77. The first kappa shape index (κ1) is 15.9. The molecule has 0 amide bonds. The number of hydrogen-bond acceptors (Lipinski definition) is 3. The highest BCUT2D eigenvalue weighted by Gasteiger charge is 2.08. The second-order valence-corrected chi connectivity index (χ2v) is 5.25. The molecule has 1 aromatic heterocycles. The monoisotopic (exact) mass is 311 g/mol. The fraction of sp³-hybridized carbons (Fsp3) is 0.400. The number of methoxy groups -OCH3 is 1. The van der Waals surface area contributed by atoms with Gasteiger partial charge in [-0.25, -0.2) is 4.39 Å². The van der Waals surface area contributed by atoms with Crippen molar-refractivity contribution in [1.29, 1.82) is 0 Å². The molecule has 0 aliphatic rings. The Labute approximate surface area is 128 Å². The van der Waals surface area contributed by atoms with Crippen LogP contribution in [0.4, 0.5) is 4.39 Å². The van der Waals surface area contributed by atoms with Crippen LogP contribution in [0.5, 0.6) is 0 Å². The topological polar surface area (TPSA) is 39.1 Å². The van der Waals surface area contributed by atoms with Gasteiger partial charge in [-0.05, 0) is 30.7 Å². The van der Waals surface area contributed by atoms with E-state index in [1.165, 1.54) is 12.1 Å². The van der Waals surface area contributed by atoms with Gasteiger partial charge >= 0.3 is 0 Å². The largest absolute Gasteiger partial charge is 0.383 e. The molecule has 0 saturated heterocycles. The Hall–Kier alpha value is -1.43. The van der Waals surface area contributed by atoms with Gasteiger partial charge < -0.3 is 10.1 Å². The number of rotatable bonds is 7. The molecule has 0 atom stereocenters. The average Bonchev–Trinajstić information content (AvgIpc) is 2.79. The smallest absolute Gasteiger partial charge is 0.123 e. The van der Waals surface area contributed by atoms with Gasteiger partial charge in [0.1, 0.15) is 5.82 Å². The minimum atomic E-state index is -0.292. The lowest BCUT2D eigenvalue weighted by molar-refractivity contribution is 0.199. The first-order valence-corrected chi connectivity index (χ1v) is 7.14. The summed E-state index contributed by atoms with van der Waals surface area (Å²) in [5.74, 6) is -0.292. The Bertz CT molecular complexity index is 601. The molecule has 21 heavy (non-hydrogen) atoms. The van der Waals surface area contributed by atoms with E-state index in [0.717, 1.165) is 29.9 Å². The highest BCUT2D eigenvalue weighted by atomic mass is 35.5. The molecular formula is C15H19ClFN3O. The fourth-order valence-corrected chi connectivity index (χ4v) is 2.23. The SMILES string of the molecule is COCCNCc1cn(Cc2cc(F)ccc2Cl)nc1C. The van der Waals surface area contributed by atoms with Crippen LogP contribution in [-0.2, 0) is 17.8 Å². The number of aromatic nitrogens is 2. The van der Waals surface area contributed by atoms with Gasteiger partial charge in [-0.2, -0.15) is 5.10 Å². The van der Waals surface area contributed by atoms with Crippen molar-refractivity contribution >= 4 is 11.6 Å². The van der Waals surface area contributed by atoms with E-state index < -0.39 is 0 Å². The van der Waals surface area contributed by atoms with Crippen LogP contribution in [0.3, 0.4) is 0 Å². The number of nitrogens with zero attached hydrogens (tertiary/aromatic N) is 2. The molecule has 0 spiro atoms. The van der Waals surface area contributed by atoms with Crippen LogP contribution < -0.4 is 5.32 Å². The van der Waals surface area contributed by atoms with Gasteiger partial charge in [-0.1, -0.05) is 11.6 Å². The van der Waals surface area contributed by atoms with E-state index in [9.17, 15) is 4.39 Å². The maximum Gasteiger partial charge on any atom is 0.123 e. The van der Waals surface area contributed by atoms with Crippen LogP contribution in [0.15, 0.2) is 24.4 Å². The van der Waals surface area contributed by atoms with Crippen molar-refractivity contribution in [1.82, 2.24) is 15.1 Å². The molecule has 0 fully saturated rings. The summed E-state index contributed by atoms with van der Waals surface area (Å²) in [6, 6.07) is 4.36. The summed E-state index contributed by atoms with van der Waals surface area (Å²) >= 11 is 6.08. The van der Waals surface area contributed by atoms with Gasteiger partial charge in [-0.15, -0.1) is 0 Å². The van der Waals surface area contributed by atoms with Crippen molar-refractivity contribution in [3.05, 3.63) is 52.1 Å². The number of ether oxygens (including phenoxy) is 1. The number of halogens is 2. The summed E-state index contributed by atoms with van der Waals surface area (Å²) in [7, 11) is 1.67. The normalized spacial score (nSPS) is 11.0. The molecule has 2 aromatic rings. The highest BCUT2D eigenvalue weighted by Crippen LogP contribution is 2.18. The van der Waals surface area contributed by atoms with Gasteiger partial charge in [0, 0.05) is 37.0 Å². The average molecular weight is 312 g/mol. The Morgan fingerprint density at radius 1 is 1.38 bits per heavy atom. The molecule has 6 heteroatoms. The molecular weight excluding hydrogens is 293 g/mol. The van der Waals surface area contributed by atoms with Gasteiger partial charge in [0.2, 0.25) is 0 Å². The van der Waals surface area contributed by atoms with Crippen molar-refractivity contribution in [3.63, 3.8) is 0 Å². The zero-order valence-electron chi connectivity index (χ0n) is 12.2. The van der Waals surface area contributed by atoms with Crippen LogP contribution in [0.1, 0.15) is 16.8 Å². The molecule has 1 aromatic carbocycles. The summed E-state index contributed by atoms with van der Waals surface area (Å²) in [6.07, 6.45) is 1.95. The molecule has 2 rings (SSSR count). The highest BCUT2D eigenvalue weighted by molar-refractivity contribution is 6.31. The Balaban J connectivity index is 2.02. The van der Waals surface area contributed by atoms with E-state index >= 15 is 0 Å². The van der Waals surface area contributed by atoms with E-state index in [4.69, 9.17) is 16.3 Å². The zero-order valence-corrected chi connectivity index (χ0v) is 13.0. The molecule has 0 saturated carbocycles. The van der Waals surface area contributed by atoms with E-state index in [0.29, 0.717) is 18.2 Å². The van der Waals surface area contributed by atoms with E-state index in [1.54, 1.807) is 17.9 Å². The van der Waals surface area contributed by atoms with Gasteiger partial charge in [0.15, 0.2) is 0 Å². The number of nitrogens with one attached hydrogen (secondary N) is 1. The van der Waals surface area contributed by atoms with Gasteiger partial charge in [0.05, 0.1) is 18.8 Å². The fourth-order valence-electron chi connectivity index (χ4n) is 2.05. The van der Waals surface area contributed by atoms with Crippen molar-refractivity contribution in [2.75, 3.05) is 20.3 Å². The Morgan fingerprint density at radius 3 is 2.95 bits per heavy atom. The van der Waals surface area contributed by atoms with Crippen LogP contribution >= 0.6 is 11.6 Å². The second-order valence-electron chi connectivity index (χ2n) is 4.84. The lowest BCUT2D eigenvalue weighted by Crippen LogP contribution is -2.18. The summed E-state index contributed by atoms with van der Waals surface area (Å²) in [5, 5.41) is 8.26. The Kier molecular flexibility index (Phi) is 5.73. The van der Waals surface area contributed by atoms with Crippen molar-refractivity contribution in [3.8, 4) is 0 Å². The van der Waals surface area contributed by atoms with E-state index in [-0.39, 0.29) is 5.82 Å². The van der Waals surface area contributed by atoms with Gasteiger partial charge in [-0.3, -0.25) is 4.68 Å². The molecule has 0 bridgehead atoms. The maximum atomic E-state index is 13.3. The zero-order chi connectivity index (χ0) is 15.2. The second kappa shape index (κ2) is 7.54. The van der Waals surface area contributed by atoms with Crippen LogP contribution in [0.2, 0.25) is 5.02 Å². The van der Waals surface area contributed by atoms with E-state index in [1.807, 2.05) is 13.1 Å². The molecule has 0 unspecified atom stereocenters. The molecule has 4 nitrogen and oxygen atoms in total. The quantitative estimate of drug-likeness (QED) is 0.799. The number of aryl methyl sites for hydroxylation is 1. The minimum absolute atomic E-state index is 0.292. The maximum absolute atomic E-state index is 13.3. The van der Waals surface area contributed by atoms with Crippen molar-refractivity contribution in [2.24, 2.45) is 0 Å². The molecule has 0 radical (unpaired) electrons. The first-order chi connectivity index (χ1) is 10.1. The first-order valence-electron chi connectivity index (χ1n) is 6.76. The predicted molar refractivity (Wildman–Crippen MR) is 81.1 cm³/mol. The van der Waals surface area contributed by atoms with Crippen LogP contribution in [0.25, 0.3) is 0 Å². The molecule has 1 heterocycles. The third-order valence-electron chi connectivity index (χ3n) is 3.19. The summed E-state index contributed by atoms with van der Waals surface area (Å²) in [6.45, 7) is 4.60. The van der Waals surface area contributed by atoms with Crippen molar-refractivity contribution < 1.29 is 9.13 Å².